The highest BCUT2D eigenvalue weighted by Crippen LogP contribution is 2.60. The Morgan fingerprint density at radius 2 is 1.26 bits per heavy atom. The van der Waals surface area contributed by atoms with Crippen molar-refractivity contribution in [3.8, 4) is 0 Å². The molecule has 0 saturated carbocycles. The van der Waals surface area contributed by atoms with E-state index in [9.17, 15) is 19.2 Å². The van der Waals surface area contributed by atoms with Crippen molar-refractivity contribution in [2.24, 2.45) is 17.4 Å². The fourth-order valence-corrected chi connectivity index (χ4v) is 14.1. The number of benzene rings is 3. The number of methoxy groups -OCH3 is 1. The number of carbonyl (C=O) groups excluding carboxylic acids is 4. The minimum atomic E-state index is -1.78. The lowest BCUT2D eigenvalue weighted by Crippen LogP contribution is -3.00. The van der Waals surface area contributed by atoms with Crippen LogP contribution in [0.15, 0.2) is 114 Å². The summed E-state index contributed by atoms with van der Waals surface area (Å²) in [6.45, 7) is 1.60. The van der Waals surface area contributed by atoms with Gasteiger partial charge in [-0.15, -0.1) is 0 Å². The van der Waals surface area contributed by atoms with Crippen LogP contribution in [0.2, 0.25) is 0 Å². The number of hydrogen-bond acceptors (Lipinski definition) is 8. The number of Topliss-reactive ketones (excluding diaryl/α,β-unsaturated/α-hetero) is 2. The Balaban J connectivity index is 0.00000549. The average Bonchev–Trinajstić information content (AvgIpc) is 3.74. The van der Waals surface area contributed by atoms with Gasteiger partial charge in [-0.25, -0.2) is 4.79 Å². The van der Waals surface area contributed by atoms with Crippen molar-refractivity contribution in [2.75, 3.05) is 26.4 Å². The summed E-state index contributed by atoms with van der Waals surface area (Å²) >= 11 is 0. The molecule has 57 heavy (non-hydrogen) atoms. The third kappa shape index (κ3) is 7.71. The molecule has 302 valence electrons. The molecule has 3 heterocycles. The van der Waals surface area contributed by atoms with Crippen LogP contribution in [0.5, 0.6) is 0 Å². The number of nitrogens with zero attached hydrogens (tertiary/aromatic N) is 2. The molecule has 3 aromatic rings. The lowest BCUT2D eigenvalue weighted by Gasteiger charge is -2.41. The maximum absolute atomic E-state index is 13.5. The fraction of sp³-hybridized carbons (Fsp3) is 0.422. The average molecular weight is 858 g/mol. The minimum Gasteiger partial charge on any atom is -1.00 e. The number of carbonyl (C=O) groups is 4. The first-order valence-corrected chi connectivity index (χ1v) is 22.1. The van der Waals surface area contributed by atoms with Gasteiger partial charge >= 0.3 is 6.09 Å². The van der Waals surface area contributed by atoms with Gasteiger partial charge in [0.05, 0.1) is 29.5 Å². The normalized spacial score (nSPS) is 22.2. The molecule has 1 aliphatic carbocycles. The lowest BCUT2D eigenvalue weighted by atomic mass is 9.82. The first-order chi connectivity index (χ1) is 27.2. The van der Waals surface area contributed by atoms with E-state index in [4.69, 9.17) is 20.9 Å². The molecule has 12 heteroatoms. The molecule has 7 rings (SSSR count). The molecule has 10 nitrogen and oxygen atoms in total. The largest absolute Gasteiger partial charge is 1.00 e. The van der Waals surface area contributed by atoms with E-state index in [1.54, 1.807) is 4.90 Å². The van der Waals surface area contributed by atoms with Crippen molar-refractivity contribution in [3.63, 3.8) is 0 Å². The van der Waals surface area contributed by atoms with Gasteiger partial charge in [-0.3, -0.25) is 14.4 Å². The Labute approximate surface area is 347 Å². The Morgan fingerprint density at radius 3 is 1.75 bits per heavy atom. The predicted octanol–water partition coefficient (Wildman–Crippen LogP) is 2.49. The Morgan fingerprint density at radius 1 is 0.772 bits per heavy atom. The molecule has 0 radical (unpaired) electrons. The number of nitrogens with two attached hydrogens (primary N) is 2. The fourth-order valence-electron chi connectivity index (χ4n) is 9.69. The van der Waals surface area contributed by atoms with Gasteiger partial charge in [0, 0.05) is 31.2 Å². The zero-order chi connectivity index (χ0) is 39.5. The molecule has 0 unspecified atom stereocenters. The minimum absolute atomic E-state index is 0. The van der Waals surface area contributed by atoms with Crippen molar-refractivity contribution in [3.05, 3.63) is 114 Å². The Kier molecular flexibility index (Phi) is 13.4. The molecule has 3 aromatic carbocycles. The van der Waals surface area contributed by atoms with Gasteiger partial charge in [-0.1, -0.05) is 93.1 Å². The van der Waals surface area contributed by atoms with Gasteiger partial charge < -0.3 is 47.7 Å². The molecule has 2 saturated heterocycles. The van der Waals surface area contributed by atoms with Gasteiger partial charge in [-0.05, 0) is 62.6 Å². The predicted molar refractivity (Wildman–Crippen MR) is 220 cm³/mol. The van der Waals surface area contributed by atoms with Crippen LogP contribution >= 0.6 is 7.26 Å². The molecule has 0 aromatic heterocycles. The third-order valence-electron chi connectivity index (χ3n) is 12.5. The lowest BCUT2D eigenvalue weighted by molar-refractivity contribution is -0.153. The van der Waals surface area contributed by atoms with Crippen molar-refractivity contribution in [1.29, 1.82) is 0 Å². The highest BCUT2D eigenvalue weighted by atomic mass is 79.9. The van der Waals surface area contributed by atoms with Gasteiger partial charge in [0.2, 0.25) is 17.5 Å². The van der Waals surface area contributed by atoms with E-state index in [0.717, 1.165) is 31.8 Å². The molecular weight excluding hydrogens is 803 g/mol. The zero-order valence-electron chi connectivity index (χ0n) is 32.9. The summed E-state index contributed by atoms with van der Waals surface area (Å²) in [5.41, 5.74) is 10.6. The van der Waals surface area contributed by atoms with Crippen LogP contribution in [0.1, 0.15) is 71.1 Å². The molecule has 2 amide bonds. The number of allylic oxidation sites excluding steroid dienone is 2. The monoisotopic (exact) mass is 856 g/mol. The van der Waals surface area contributed by atoms with Crippen molar-refractivity contribution in [1.82, 2.24) is 9.80 Å². The highest BCUT2D eigenvalue weighted by molar-refractivity contribution is 7.95. The number of piperazine rings is 1. The van der Waals surface area contributed by atoms with E-state index in [1.807, 2.05) is 4.90 Å². The topological polar surface area (TPSA) is 145 Å². The molecule has 3 aliphatic heterocycles. The second-order valence-electron chi connectivity index (χ2n) is 15.5. The van der Waals surface area contributed by atoms with E-state index in [0.29, 0.717) is 13.0 Å². The summed E-state index contributed by atoms with van der Waals surface area (Å²) < 4.78 is 11.3. The molecule has 0 bridgehead atoms. The van der Waals surface area contributed by atoms with Crippen LogP contribution in [0.25, 0.3) is 0 Å². The number of halogens is 1. The van der Waals surface area contributed by atoms with E-state index < -0.39 is 36.8 Å². The third-order valence-corrected chi connectivity index (χ3v) is 17.0. The second-order valence-corrected chi connectivity index (χ2v) is 19.1. The van der Waals surface area contributed by atoms with E-state index >= 15 is 0 Å². The number of fused-ring (bicyclic) bond motifs is 4. The first-order valence-electron chi connectivity index (χ1n) is 20.1. The number of hydrogen-bond donors (Lipinski definition) is 2. The second kappa shape index (κ2) is 18.1. The van der Waals surface area contributed by atoms with Crippen LogP contribution in [-0.4, -0.2) is 77.6 Å². The standard InChI is InChI=1S/C45H53N4O6P.BrH/c1-31-39(46)42(52)38-35(30-55-44(47)53)45(54-2)43-36(29-48(45)40(38)41(31)51)49(43)37(50)27-19-8-6-4-3-5-7-9-20-28-56(32-21-13-10-14-22-32,33-23-15-11-16-24-33)34-25-17-12-18-26-34;/h10-18,21-26,35-36,43H,3-9,19-20,27-30H2,1-2H3,(H3-,46,47,51,53);1H/t35-,36+,43+,45-,49?;/m1./s1. The maximum Gasteiger partial charge on any atom is 0.404 e. The molecule has 4 atom stereocenters. The molecule has 4 aliphatic rings. The maximum atomic E-state index is 13.5. The van der Waals surface area contributed by atoms with Crippen molar-refractivity contribution < 1.29 is 45.6 Å². The first kappa shape index (κ1) is 42.3. The molecule has 2 fully saturated rings. The number of primary amides is 1. The van der Waals surface area contributed by atoms with E-state index in [-0.39, 0.29) is 63.9 Å². The summed E-state index contributed by atoms with van der Waals surface area (Å²) in [5.74, 6) is -1.63. The van der Waals surface area contributed by atoms with Gasteiger partial charge in [0.15, 0.2) is 5.72 Å². The number of unbranched alkanes of at least 4 members (excludes halogenated alkanes) is 8. The van der Waals surface area contributed by atoms with E-state index in [2.05, 4.69) is 91.0 Å². The van der Waals surface area contributed by atoms with Crippen LogP contribution in [0.3, 0.4) is 0 Å². The molecule has 4 N–H and O–H groups in total. The van der Waals surface area contributed by atoms with Crippen molar-refractivity contribution in [2.45, 2.75) is 88.9 Å². The SMILES string of the molecule is CO[C@@]12[C@H](COC(N)=O)C3=C(C(=O)C(C)=C(N)C3=O)N1C[C@H]1[C@@H]2N1C(=O)CCCCCCCCCCC[P+](c1ccccc1)(c1ccccc1)c1ccccc1.[Br-]. The van der Waals surface area contributed by atoms with Gasteiger partial charge in [0.1, 0.15) is 35.8 Å². The Hall–Kier alpha value is -4.31. The Bertz CT molecular complexity index is 1910. The molecular formula is C45H54BrN4O6P. The summed E-state index contributed by atoms with van der Waals surface area (Å²) in [4.78, 5) is 55.6. The van der Waals surface area contributed by atoms with Crippen LogP contribution in [0.4, 0.5) is 4.79 Å². The number of ether oxygens (including phenoxy) is 2. The smallest absolute Gasteiger partial charge is 0.404 e. The van der Waals surface area contributed by atoms with Crippen molar-refractivity contribution >= 4 is 46.7 Å². The number of ketones is 2. The van der Waals surface area contributed by atoms with Gasteiger partial charge in [0.25, 0.3) is 0 Å². The molecule has 0 spiro atoms. The van der Waals surface area contributed by atoms with Crippen LogP contribution in [0, 0.1) is 5.92 Å². The summed E-state index contributed by atoms with van der Waals surface area (Å²) in [6.07, 6.45) is 10.6. The van der Waals surface area contributed by atoms with Crippen LogP contribution < -0.4 is 44.4 Å². The quantitative estimate of drug-likeness (QED) is 0.0861. The zero-order valence-corrected chi connectivity index (χ0v) is 35.4. The number of rotatable bonds is 18. The number of amides is 2. The van der Waals surface area contributed by atoms with Crippen LogP contribution in [-0.2, 0) is 23.9 Å². The summed E-state index contributed by atoms with van der Waals surface area (Å²) in [5, 5.41) is 4.33. The highest BCUT2D eigenvalue weighted by Gasteiger charge is 2.77. The van der Waals surface area contributed by atoms with Gasteiger partial charge in [-0.2, -0.15) is 0 Å². The van der Waals surface area contributed by atoms with E-state index in [1.165, 1.54) is 62.1 Å². The summed E-state index contributed by atoms with van der Waals surface area (Å²) in [6, 6.07) is 32.7. The summed E-state index contributed by atoms with van der Waals surface area (Å²) in [7, 11) is -0.280.